The molecule has 0 aromatic carbocycles. The minimum atomic E-state index is 0.401. The molecule has 4 rings (SSSR count). The maximum absolute atomic E-state index is 5.37. The van der Waals surface area contributed by atoms with Crippen LogP contribution in [0, 0.1) is 5.41 Å². The van der Waals surface area contributed by atoms with E-state index in [2.05, 4.69) is 19.8 Å². The Morgan fingerprint density at radius 3 is 2.53 bits per heavy atom. The van der Waals surface area contributed by atoms with Crippen LogP contribution < -0.4 is 9.80 Å². The van der Waals surface area contributed by atoms with E-state index in [4.69, 9.17) is 9.47 Å². The number of ether oxygens (including phenoxy) is 2. The average molecular weight is 262 g/mol. The molecule has 4 heterocycles. The van der Waals surface area contributed by atoms with Crippen molar-refractivity contribution < 1.29 is 9.47 Å². The van der Waals surface area contributed by atoms with Gasteiger partial charge in [0.25, 0.3) is 0 Å². The van der Waals surface area contributed by atoms with Crippen molar-refractivity contribution in [2.45, 2.75) is 0 Å². The van der Waals surface area contributed by atoms with E-state index in [9.17, 15) is 0 Å². The van der Waals surface area contributed by atoms with E-state index in [-0.39, 0.29) is 0 Å². The lowest BCUT2D eigenvalue weighted by molar-refractivity contribution is -0.127. The number of nitrogens with zero attached hydrogens (tertiary/aromatic N) is 4. The first-order chi connectivity index (χ1) is 9.35. The largest absolute Gasteiger partial charge is 0.380 e. The van der Waals surface area contributed by atoms with Crippen LogP contribution in [0.15, 0.2) is 12.3 Å². The van der Waals surface area contributed by atoms with E-state index >= 15 is 0 Å². The first-order valence-electron chi connectivity index (χ1n) is 6.83. The molecule has 1 aromatic heterocycles. The minimum Gasteiger partial charge on any atom is -0.380 e. The van der Waals surface area contributed by atoms with Crippen molar-refractivity contribution >= 4 is 11.8 Å². The third-order valence-electron chi connectivity index (χ3n) is 4.12. The van der Waals surface area contributed by atoms with Gasteiger partial charge in [-0.2, -0.15) is 4.98 Å². The molecule has 1 aromatic rings. The molecule has 102 valence electrons. The fraction of sp³-hybridized carbons (Fsp3) is 0.692. The number of morpholine rings is 1. The molecule has 0 radical (unpaired) electrons. The second kappa shape index (κ2) is 4.31. The van der Waals surface area contributed by atoms with Gasteiger partial charge in [0, 0.05) is 32.4 Å². The van der Waals surface area contributed by atoms with E-state index in [1.165, 1.54) is 0 Å². The van der Waals surface area contributed by atoms with Crippen molar-refractivity contribution in [3.05, 3.63) is 12.3 Å². The Balaban J connectivity index is 1.47. The first-order valence-corrected chi connectivity index (χ1v) is 6.83. The molecule has 0 aliphatic carbocycles. The molecule has 0 atom stereocenters. The summed E-state index contributed by atoms with van der Waals surface area (Å²) in [4.78, 5) is 13.6. The van der Waals surface area contributed by atoms with Gasteiger partial charge in [-0.1, -0.05) is 0 Å². The van der Waals surface area contributed by atoms with Gasteiger partial charge in [0.15, 0.2) is 0 Å². The van der Waals surface area contributed by atoms with Crippen LogP contribution >= 0.6 is 0 Å². The summed E-state index contributed by atoms with van der Waals surface area (Å²) in [5.74, 6) is 1.86. The third-order valence-corrected chi connectivity index (χ3v) is 4.12. The Kier molecular flexibility index (Phi) is 2.60. The van der Waals surface area contributed by atoms with Gasteiger partial charge < -0.3 is 19.3 Å². The maximum atomic E-state index is 5.37. The molecule has 3 aliphatic rings. The predicted molar refractivity (Wildman–Crippen MR) is 70.5 cm³/mol. The molecule has 0 bridgehead atoms. The maximum Gasteiger partial charge on any atom is 0.227 e. The summed E-state index contributed by atoms with van der Waals surface area (Å²) in [5.41, 5.74) is 0.401. The van der Waals surface area contributed by atoms with Gasteiger partial charge >= 0.3 is 0 Å². The Morgan fingerprint density at radius 1 is 1.05 bits per heavy atom. The smallest absolute Gasteiger partial charge is 0.227 e. The molecule has 0 N–H and O–H groups in total. The zero-order valence-electron chi connectivity index (χ0n) is 10.9. The Hall–Kier alpha value is -1.40. The highest BCUT2D eigenvalue weighted by Crippen LogP contribution is 2.39. The fourth-order valence-electron chi connectivity index (χ4n) is 2.94. The Morgan fingerprint density at radius 2 is 1.84 bits per heavy atom. The van der Waals surface area contributed by atoms with Crippen molar-refractivity contribution in [3.8, 4) is 0 Å². The minimum absolute atomic E-state index is 0.401. The molecule has 19 heavy (non-hydrogen) atoms. The Labute approximate surface area is 112 Å². The van der Waals surface area contributed by atoms with E-state index in [1.807, 2.05) is 12.3 Å². The molecule has 1 spiro atoms. The summed E-state index contributed by atoms with van der Waals surface area (Å²) in [6.07, 6.45) is 1.86. The average Bonchev–Trinajstić information content (AvgIpc) is 2.37. The van der Waals surface area contributed by atoms with Crippen LogP contribution in [-0.4, -0.2) is 62.6 Å². The molecule has 6 heteroatoms. The summed E-state index contributed by atoms with van der Waals surface area (Å²) < 4.78 is 10.7. The lowest BCUT2D eigenvalue weighted by Gasteiger charge is -2.54. The van der Waals surface area contributed by atoms with Gasteiger partial charge in [0.05, 0.1) is 31.8 Å². The van der Waals surface area contributed by atoms with Crippen molar-refractivity contribution in [2.24, 2.45) is 5.41 Å². The van der Waals surface area contributed by atoms with Gasteiger partial charge in [-0.15, -0.1) is 0 Å². The molecule has 6 nitrogen and oxygen atoms in total. The number of aromatic nitrogens is 2. The molecule has 0 saturated carbocycles. The summed E-state index contributed by atoms with van der Waals surface area (Å²) in [6, 6.07) is 1.98. The zero-order chi connectivity index (χ0) is 12.7. The van der Waals surface area contributed by atoms with Crippen LogP contribution in [-0.2, 0) is 9.47 Å². The molecular weight excluding hydrogens is 244 g/mol. The molecule has 0 unspecified atom stereocenters. The molecule has 3 fully saturated rings. The SMILES string of the molecule is c1cc(N2CCOCC2)nc(N2CC3(COC3)C2)n1. The van der Waals surface area contributed by atoms with Crippen molar-refractivity contribution in [1.82, 2.24) is 9.97 Å². The van der Waals surface area contributed by atoms with Crippen molar-refractivity contribution in [1.29, 1.82) is 0 Å². The highest BCUT2D eigenvalue weighted by Gasteiger charge is 2.49. The van der Waals surface area contributed by atoms with Crippen LogP contribution in [0.2, 0.25) is 0 Å². The fourth-order valence-corrected chi connectivity index (χ4v) is 2.94. The highest BCUT2D eigenvalue weighted by atomic mass is 16.5. The number of anilines is 2. The van der Waals surface area contributed by atoms with Gasteiger partial charge in [-0.3, -0.25) is 0 Å². The van der Waals surface area contributed by atoms with Gasteiger partial charge in [0.1, 0.15) is 5.82 Å². The lowest BCUT2D eigenvalue weighted by Crippen LogP contribution is -2.66. The highest BCUT2D eigenvalue weighted by molar-refractivity contribution is 5.46. The summed E-state index contributed by atoms with van der Waals surface area (Å²) in [6.45, 7) is 7.23. The van der Waals surface area contributed by atoms with Crippen LogP contribution in [0.3, 0.4) is 0 Å². The third kappa shape index (κ3) is 1.95. The molecule has 0 amide bonds. The van der Waals surface area contributed by atoms with Gasteiger partial charge in [-0.25, -0.2) is 4.98 Å². The van der Waals surface area contributed by atoms with Crippen molar-refractivity contribution in [2.75, 3.05) is 62.4 Å². The Bertz CT molecular complexity index is 463. The topological polar surface area (TPSA) is 50.7 Å². The van der Waals surface area contributed by atoms with E-state index in [0.717, 1.165) is 64.4 Å². The molecule has 3 aliphatic heterocycles. The van der Waals surface area contributed by atoms with Crippen LogP contribution in [0.5, 0.6) is 0 Å². The summed E-state index contributed by atoms with van der Waals surface area (Å²) >= 11 is 0. The van der Waals surface area contributed by atoms with E-state index in [0.29, 0.717) is 5.41 Å². The van der Waals surface area contributed by atoms with Crippen LogP contribution in [0.1, 0.15) is 0 Å². The number of hydrogen-bond acceptors (Lipinski definition) is 6. The molecule has 3 saturated heterocycles. The van der Waals surface area contributed by atoms with Crippen molar-refractivity contribution in [3.63, 3.8) is 0 Å². The summed E-state index contributed by atoms with van der Waals surface area (Å²) in [7, 11) is 0. The van der Waals surface area contributed by atoms with Crippen LogP contribution in [0.25, 0.3) is 0 Å². The monoisotopic (exact) mass is 262 g/mol. The van der Waals surface area contributed by atoms with E-state index in [1.54, 1.807) is 0 Å². The normalized spacial score (nSPS) is 25.1. The second-order valence-corrected chi connectivity index (χ2v) is 5.66. The number of hydrogen-bond donors (Lipinski definition) is 0. The van der Waals surface area contributed by atoms with Gasteiger partial charge in [-0.05, 0) is 6.07 Å². The number of rotatable bonds is 2. The van der Waals surface area contributed by atoms with Gasteiger partial charge in [0.2, 0.25) is 5.95 Å². The van der Waals surface area contributed by atoms with Crippen LogP contribution in [0.4, 0.5) is 11.8 Å². The second-order valence-electron chi connectivity index (χ2n) is 5.66. The molecular formula is C13H18N4O2. The summed E-state index contributed by atoms with van der Waals surface area (Å²) in [5, 5.41) is 0. The zero-order valence-corrected chi connectivity index (χ0v) is 10.9. The van der Waals surface area contributed by atoms with E-state index < -0.39 is 0 Å². The predicted octanol–water partition coefficient (Wildman–Crippen LogP) is 0.150. The first kappa shape index (κ1) is 11.4. The lowest BCUT2D eigenvalue weighted by atomic mass is 9.78. The quantitative estimate of drug-likeness (QED) is 0.756. The standard InChI is InChI=1S/C13H18N4O2/c1-2-14-12(17-7-13(8-17)9-19-10-13)15-11(1)16-3-5-18-6-4-16/h1-2H,3-10H2.